The summed E-state index contributed by atoms with van der Waals surface area (Å²) >= 11 is 2.19. The molecule has 2 aromatic rings. The molecule has 150 valence electrons. The lowest BCUT2D eigenvalue weighted by Crippen LogP contribution is -2.32. The van der Waals surface area contributed by atoms with Crippen molar-refractivity contribution < 1.29 is 17.9 Å². The summed E-state index contributed by atoms with van der Waals surface area (Å²) in [5.74, 6) is -0.0798. The first kappa shape index (κ1) is 21.1. The molecule has 0 radical (unpaired) electrons. The highest BCUT2D eigenvalue weighted by Crippen LogP contribution is 2.27. The molecule has 0 aromatic heterocycles. The summed E-state index contributed by atoms with van der Waals surface area (Å²) in [5.41, 5.74) is 0.824. The van der Waals surface area contributed by atoms with Gasteiger partial charge in [0.15, 0.2) is 0 Å². The summed E-state index contributed by atoms with van der Waals surface area (Å²) in [6, 6.07) is 11.8. The van der Waals surface area contributed by atoms with E-state index in [4.69, 9.17) is 4.74 Å². The zero-order valence-corrected chi connectivity index (χ0v) is 18.6. The second-order valence-electron chi connectivity index (χ2n) is 6.64. The molecule has 2 aromatic carbocycles. The quantitative estimate of drug-likeness (QED) is 0.610. The molecule has 0 spiro atoms. The maximum absolute atomic E-state index is 13.1. The number of carbonyl (C=O) groups excluding carboxylic acids is 1. The van der Waals surface area contributed by atoms with Gasteiger partial charge in [0.25, 0.3) is 5.91 Å². The van der Waals surface area contributed by atoms with E-state index >= 15 is 0 Å². The Hall–Kier alpha value is -1.65. The molecule has 0 saturated carbocycles. The number of rotatable bonds is 5. The highest BCUT2D eigenvalue weighted by molar-refractivity contribution is 14.1. The van der Waals surface area contributed by atoms with Crippen LogP contribution < -0.4 is 10.1 Å². The van der Waals surface area contributed by atoms with Gasteiger partial charge in [-0.05, 0) is 77.9 Å². The molecule has 1 heterocycles. The largest absolute Gasteiger partial charge is 0.496 e. The molecule has 1 N–H and O–H groups in total. The van der Waals surface area contributed by atoms with Crippen molar-refractivity contribution in [3.05, 3.63) is 51.6 Å². The summed E-state index contributed by atoms with van der Waals surface area (Å²) in [5, 5.41) is 2.80. The van der Waals surface area contributed by atoms with Crippen LogP contribution in [0.15, 0.2) is 47.4 Å². The average molecular weight is 514 g/mol. The molecule has 0 aliphatic carbocycles. The number of sulfonamides is 1. The molecule has 8 heteroatoms. The third kappa shape index (κ3) is 4.84. The van der Waals surface area contributed by atoms with Gasteiger partial charge in [-0.1, -0.05) is 12.8 Å². The van der Waals surface area contributed by atoms with E-state index in [9.17, 15) is 13.2 Å². The molecule has 3 rings (SSSR count). The zero-order chi connectivity index (χ0) is 20.1. The standard InChI is InChI=1S/C20H23IN2O4S/c1-27-19-11-10-17(28(25,26)23-12-4-2-3-5-13-23)14-18(19)20(24)22-16-8-6-15(21)7-9-16/h6-11,14H,2-5,12-13H2,1H3,(H,22,24). The minimum atomic E-state index is -3.65. The van der Waals surface area contributed by atoms with Crippen LogP contribution in [0.5, 0.6) is 5.75 Å². The van der Waals surface area contributed by atoms with Crippen LogP contribution in [0.4, 0.5) is 5.69 Å². The van der Waals surface area contributed by atoms with Gasteiger partial charge in [0.2, 0.25) is 10.0 Å². The fourth-order valence-electron chi connectivity index (χ4n) is 3.19. The second kappa shape index (κ2) is 9.23. The monoisotopic (exact) mass is 514 g/mol. The molecule has 6 nitrogen and oxygen atoms in total. The zero-order valence-electron chi connectivity index (χ0n) is 15.7. The Labute approximate surface area is 179 Å². The van der Waals surface area contributed by atoms with Crippen molar-refractivity contribution in [2.45, 2.75) is 30.6 Å². The Morgan fingerprint density at radius 3 is 2.29 bits per heavy atom. The number of ether oxygens (including phenoxy) is 1. The maximum Gasteiger partial charge on any atom is 0.259 e. The van der Waals surface area contributed by atoms with Crippen LogP contribution in [0, 0.1) is 3.57 Å². The number of anilines is 1. The normalized spacial score (nSPS) is 15.6. The van der Waals surface area contributed by atoms with Crippen LogP contribution in [0.2, 0.25) is 0 Å². The van der Waals surface area contributed by atoms with E-state index < -0.39 is 15.9 Å². The Bertz CT molecular complexity index is 937. The van der Waals surface area contributed by atoms with Crippen LogP contribution in [0.25, 0.3) is 0 Å². The lowest BCUT2D eigenvalue weighted by atomic mass is 10.2. The van der Waals surface area contributed by atoms with E-state index in [1.807, 2.05) is 12.1 Å². The van der Waals surface area contributed by atoms with Crippen molar-refractivity contribution >= 4 is 44.2 Å². The fraction of sp³-hybridized carbons (Fsp3) is 0.350. The van der Waals surface area contributed by atoms with E-state index in [0.717, 1.165) is 29.3 Å². The van der Waals surface area contributed by atoms with Crippen molar-refractivity contribution in [3.63, 3.8) is 0 Å². The molecular weight excluding hydrogens is 491 g/mol. The SMILES string of the molecule is COc1ccc(S(=O)(=O)N2CCCCCC2)cc1C(=O)Nc1ccc(I)cc1. The molecule has 1 aliphatic heterocycles. The maximum atomic E-state index is 13.1. The number of methoxy groups -OCH3 is 1. The van der Waals surface area contributed by atoms with Crippen molar-refractivity contribution in [2.75, 3.05) is 25.5 Å². The smallest absolute Gasteiger partial charge is 0.259 e. The molecule has 28 heavy (non-hydrogen) atoms. The van der Waals surface area contributed by atoms with Crippen LogP contribution in [-0.4, -0.2) is 38.8 Å². The second-order valence-corrected chi connectivity index (χ2v) is 9.82. The average Bonchev–Trinajstić information content (AvgIpc) is 2.99. The molecule has 1 saturated heterocycles. The molecule has 0 unspecified atom stereocenters. The van der Waals surface area contributed by atoms with Gasteiger partial charge >= 0.3 is 0 Å². The van der Waals surface area contributed by atoms with Gasteiger partial charge in [-0.3, -0.25) is 4.79 Å². The number of hydrogen-bond donors (Lipinski definition) is 1. The number of hydrogen-bond acceptors (Lipinski definition) is 4. The van der Waals surface area contributed by atoms with Gasteiger partial charge in [-0.2, -0.15) is 4.31 Å². The summed E-state index contributed by atoms with van der Waals surface area (Å²) in [6.07, 6.45) is 3.79. The number of benzene rings is 2. The first-order valence-corrected chi connectivity index (χ1v) is 11.7. The summed E-state index contributed by atoms with van der Waals surface area (Å²) < 4.78 is 34.0. The van der Waals surface area contributed by atoms with Crippen LogP contribution >= 0.6 is 22.6 Å². The molecule has 1 aliphatic rings. The van der Waals surface area contributed by atoms with E-state index in [1.165, 1.54) is 29.6 Å². The van der Waals surface area contributed by atoms with Crippen LogP contribution in [-0.2, 0) is 10.0 Å². The molecule has 1 fully saturated rings. The van der Waals surface area contributed by atoms with E-state index in [-0.39, 0.29) is 10.5 Å². The number of carbonyl (C=O) groups is 1. The van der Waals surface area contributed by atoms with Gasteiger partial charge < -0.3 is 10.1 Å². The molecule has 0 bridgehead atoms. The lowest BCUT2D eigenvalue weighted by molar-refractivity contribution is 0.102. The predicted octanol–water partition coefficient (Wildman–Crippen LogP) is 4.12. The Kier molecular flexibility index (Phi) is 6.95. The van der Waals surface area contributed by atoms with Gasteiger partial charge in [-0.15, -0.1) is 0 Å². The number of amides is 1. The van der Waals surface area contributed by atoms with Crippen molar-refractivity contribution in [1.29, 1.82) is 0 Å². The number of halogens is 1. The highest BCUT2D eigenvalue weighted by Gasteiger charge is 2.27. The summed E-state index contributed by atoms with van der Waals surface area (Å²) in [4.78, 5) is 12.9. The van der Waals surface area contributed by atoms with Gasteiger partial charge in [0.05, 0.1) is 17.6 Å². The minimum Gasteiger partial charge on any atom is -0.496 e. The van der Waals surface area contributed by atoms with Crippen LogP contribution in [0.1, 0.15) is 36.0 Å². The fourth-order valence-corrected chi connectivity index (χ4v) is 5.09. The van der Waals surface area contributed by atoms with Crippen molar-refractivity contribution in [1.82, 2.24) is 4.31 Å². The predicted molar refractivity (Wildman–Crippen MR) is 117 cm³/mol. The summed E-state index contributed by atoms with van der Waals surface area (Å²) in [6.45, 7) is 1.02. The van der Waals surface area contributed by atoms with Gasteiger partial charge in [0.1, 0.15) is 5.75 Å². The van der Waals surface area contributed by atoms with Crippen molar-refractivity contribution in [2.24, 2.45) is 0 Å². The Morgan fingerprint density at radius 1 is 1.04 bits per heavy atom. The third-order valence-corrected chi connectivity index (χ3v) is 7.33. The van der Waals surface area contributed by atoms with Crippen molar-refractivity contribution in [3.8, 4) is 5.75 Å². The Morgan fingerprint density at radius 2 is 1.68 bits per heavy atom. The molecular formula is C20H23IN2O4S. The van der Waals surface area contributed by atoms with Gasteiger partial charge in [0, 0.05) is 22.3 Å². The molecule has 0 atom stereocenters. The highest BCUT2D eigenvalue weighted by atomic mass is 127. The topological polar surface area (TPSA) is 75.7 Å². The van der Waals surface area contributed by atoms with E-state index in [1.54, 1.807) is 12.1 Å². The Balaban J connectivity index is 1.90. The van der Waals surface area contributed by atoms with Crippen LogP contribution in [0.3, 0.4) is 0 Å². The lowest BCUT2D eigenvalue weighted by Gasteiger charge is -2.20. The molecule has 1 amide bonds. The van der Waals surface area contributed by atoms with Gasteiger partial charge in [-0.25, -0.2) is 8.42 Å². The minimum absolute atomic E-state index is 0.114. The first-order chi connectivity index (χ1) is 13.4. The van der Waals surface area contributed by atoms with E-state index in [0.29, 0.717) is 24.5 Å². The summed E-state index contributed by atoms with van der Waals surface area (Å²) in [7, 11) is -2.19. The number of nitrogens with zero attached hydrogens (tertiary/aromatic N) is 1. The van der Waals surface area contributed by atoms with E-state index in [2.05, 4.69) is 27.9 Å². The first-order valence-electron chi connectivity index (χ1n) is 9.17. The number of nitrogens with one attached hydrogen (secondary N) is 1. The third-order valence-electron chi connectivity index (χ3n) is 4.72.